The van der Waals surface area contributed by atoms with E-state index < -0.39 is 29.4 Å². The fraction of sp³-hybridized carbons (Fsp3) is 0.308. The third-order valence-electron chi connectivity index (χ3n) is 2.13. The molecule has 0 aromatic heterocycles. The van der Waals surface area contributed by atoms with Crippen LogP contribution in [0.25, 0.3) is 0 Å². The molecule has 1 N–H and O–H groups in total. The van der Waals surface area contributed by atoms with Gasteiger partial charge in [-0.1, -0.05) is 5.92 Å². The van der Waals surface area contributed by atoms with Crippen LogP contribution in [0.3, 0.4) is 0 Å². The minimum atomic E-state index is -4.93. The molecule has 0 radical (unpaired) electrons. The van der Waals surface area contributed by atoms with E-state index in [2.05, 4.69) is 10.7 Å². The number of rotatable bonds is 4. The summed E-state index contributed by atoms with van der Waals surface area (Å²) in [4.78, 5) is 10.8. The third kappa shape index (κ3) is 4.39. The largest absolute Gasteiger partial charge is 0.573 e. The van der Waals surface area contributed by atoms with Gasteiger partial charge in [-0.15, -0.1) is 19.6 Å². The zero-order valence-corrected chi connectivity index (χ0v) is 10.6. The molecule has 0 bridgehead atoms. The Bertz CT molecular complexity index is 556. The normalized spacial score (nSPS) is 11.6. The monoisotopic (exact) mass is 288 g/mol. The van der Waals surface area contributed by atoms with Crippen LogP contribution in [-0.2, 0) is 0 Å². The van der Waals surface area contributed by atoms with E-state index in [0.717, 1.165) is 18.2 Å². The van der Waals surface area contributed by atoms with Crippen LogP contribution in [0.15, 0.2) is 18.2 Å². The fourth-order valence-corrected chi connectivity index (χ4v) is 1.23. The number of halogens is 3. The molecule has 0 amide bonds. The van der Waals surface area contributed by atoms with E-state index in [4.69, 9.17) is 16.3 Å². The number of ether oxygens (including phenoxy) is 2. The van der Waals surface area contributed by atoms with Crippen LogP contribution in [0.4, 0.5) is 13.2 Å². The molecule has 1 aromatic carbocycles. The summed E-state index contributed by atoms with van der Waals surface area (Å²) in [5.74, 6) is -0.150. The fourth-order valence-electron chi connectivity index (χ4n) is 1.23. The topological polar surface area (TPSA) is 55.8 Å². The van der Waals surface area contributed by atoms with Crippen LogP contribution in [0.2, 0.25) is 0 Å². The highest BCUT2D eigenvalue weighted by atomic mass is 19.4. The molecule has 1 aromatic rings. The number of aromatic carboxylic acids is 1. The highest BCUT2D eigenvalue weighted by Gasteiger charge is 2.33. The lowest BCUT2D eigenvalue weighted by Gasteiger charge is -2.22. The Labute approximate surface area is 113 Å². The van der Waals surface area contributed by atoms with Crippen molar-refractivity contribution >= 4 is 5.97 Å². The Balaban J connectivity index is 3.24. The SMILES string of the molecule is C#CC(C)(C)Oc1cc(C(=O)O)ccc1OC(F)(F)F. The van der Waals surface area contributed by atoms with Crippen molar-refractivity contribution in [2.24, 2.45) is 0 Å². The third-order valence-corrected chi connectivity index (χ3v) is 2.13. The molecule has 7 heteroatoms. The maximum atomic E-state index is 12.3. The first-order valence-electron chi connectivity index (χ1n) is 5.34. The van der Waals surface area contributed by atoms with Crippen LogP contribution in [0, 0.1) is 12.3 Å². The number of hydrogen-bond donors (Lipinski definition) is 1. The number of carbonyl (C=O) groups is 1. The number of carboxylic acids is 1. The van der Waals surface area contributed by atoms with Crippen molar-refractivity contribution < 1.29 is 32.5 Å². The van der Waals surface area contributed by atoms with Gasteiger partial charge in [0.25, 0.3) is 0 Å². The molecule has 20 heavy (non-hydrogen) atoms. The van der Waals surface area contributed by atoms with Gasteiger partial charge in [-0.3, -0.25) is 0 Å². The van der Waals surface area contributed by atoms with Gasteiger partial charge in [0.15, 0.2) is 17.1 Å². The van der Waals surface area contributed by atoms with E-state index in [1.807, 2.05) is 0 Å². The summed E-state index contributed by atoms with van der Waals surface area (Å²) < 4.78 is 45.7. The van der Waals surface area contributed by atoms with Gasteiger partial charge in [-0.05, 0) is 32.0 Å². The van der Waals surface area contributed by atoms with Gasteiger partial charge in [0.1, 0.15) is 0 Å². The smallest absolute Gasteiger partial charge is 0.478 e. The van der Waals surface area contributed by atoms with Crippen molar-refractivity contribution in [1.82, 2.24) is 0 Å². The number of hydrogen-bond acceptors (Lipinski definition) is 3. The van der Waals surface area contributed by atoms with E-state index in [9.17, 15) is 18.0 Å². The number of carboxylic acid groups (broad SMARTS) is 1. The molecule has 0 aliphatic rings. The lowest BCUT2D eigenvalue weighted by Crippen LogP contribution is -2.27. The van der Waals surface area contributed by atoms with Gasteiger partial charge in [0.05, 0.1) is 5.56 Å². The van der Waals surface area contributed by atoms with Gasteiger partial charge in [0.2, 0.25) is 0 Å². The first kappa shape index (κ1) is 15.7. The van der Waals surface area contributed by atoms with Crippen molar-refractivity contribution in [1.29, 1.82) is 0 Å². The van der Waals surface area contributed by atoms with Crippen LogP contribution >= 0.6 is 0 Å². The first-order valence-corrected chi connectivity index (χ1v) is 5.34. The Hall–Kier alpha value is -2.36. The molecule has 0 unspecified atom stereocenters. The van der Waals surface area contributed by atoms with Crippen molar-refractivity contribution in [2.45, 2.75) is 25.8 Å². The number of benzene rings is 1. The molecule has 1 rings (SSSR count). The van der Waals surface area contributed by atoms with E-state index in [-0.39, 0.29) is 5.56 Å². The number of terminal acetylenes is 1. The van der Waals surface area contributed by atoms with E-state index in [1.54, 1.807) is 0 Å². The summed E-state index contributed by atoms with van der Waals surface area (Å²) in [5.41, 5.74) is -1.47. The lowest BCUT2D eigenvalue weighted by molar-refractivity contribution is -0.275. The predicted octanol–water partition coefficient (Wildman–Crippen LogP) is 3.07. The zero-order chi connectivity index (χ0) is 15.6. The standard InChI is InChI=1S/C13H11F3O4/c1-4-12(2,3)19-10-7-8(11(17)18)5-6-9(10)20-13(14,15)16/h1,5-7H,2-3H3,(H,17,18). The van der Waals surface area contributed by atoms with Gasteiger partial charge < -0.3 is 14.6 Å². The van der Waals surface area contributed by atoms with E-state index in [1.165, 1.54) is 13.8 Å². The maximum Gasteiger partial charge on any atom is 0.573 e. The summed E-state index contributed by atoms with van der Waals surface area (Å²) in [6.07, 6.45) is 0.248. The average molecular weight is 288 g/mol. The molecule has 0 aliphatic carbocycles. The maximum absolute atomic E-state index is 12.3. The Morgan fingerprint density at radius 3 is 2.30 bits per heavy atom. The molecule has 108 valence electrons. The zero-order valence-electron chi connectivity index (χ0n) is 10.6. The highest BCUT2D eigenvalue weighted by Crippen LogP contribution is 2.35. The van der Waals surface area contributed by atoms with Gasteiger partial charge in [-0.25, -0.2) is 4.79 Å². The second kappa shape index (κ2) is 5.33. The summed E-state index contributed by atoms with van der Waals surface area (Å²) >= 11 is 0. The summed E-state index contributed by atoms with van der Waals surface area (Å²) in [5, 5.41) is 8.83. The molecule has 0 fully saturated rings. The average Bonchev–Trinajstić information content (AvgIpc) is 2.29. The van der Waals surface area contributed by atoms with Crippen molar-refractivity contribution in [3.63, 3.8) is 0 Å². The molecule has 0 saturated heterocycles. The number of alkyl halides is 3. The molecule has 0 heterocycles. The Morgan fingerprint density at radius 2 is 1.85 bits per heavy atom. The van der Waals surface area contributed by atoms with E-state index in [0.29, 0.717) is 0 Å². The van der Waals surface area contributed by atoms with Gasteiger partial charge in [0, 0.05) is 0 Å². The Morgan fingerprint density at radius 1 is 1.25 bits per heavy atom. The highest BCUT2D eigenvalue weighted by molar-refractivity contribution is 5.88. The minimum absolute atomic E-state index is 0.248. The van der Waals surface area contributed by atoms with Gasteiger partial charge in [-0.2, -0.15) is 0 Å². The van der Waals surface area contributed by atoms with E-state index >= 15 is 0 Å². The molecular formula is C13H11F3O4. The predicted molar refractivity (Wildman–Crippen MR) is 63.6 cm³/mol. The molecule has 0 spiro atoms. The second-order valence-electron chi connectivity index (χ2n) is 4.27. The molecule has 0 saturated carbocycles. The van der Waals surface area contributed by atoms with Gasteiger partial charge >= 0.3 is 12.3 Å². The minimum Gasteiger partial charge on any atom is -0.478 e. The van der Waals surface area contributed by atoms with Crippen LogP contribution in [0.1, 0.15) is 24.2 Å². The summed E-state index contributed by atoms with van der Waals surface area (Å²) in [7, 11) is 0. The first-order chi connectivity index (χ1) is 9.04. The van der Waals surface area contributed by atoms with Crippen molar-refractivity contribution in [2.75, 3.05) is 0 Å². The molecule has 0 atom stereocenters. The summed E-state index contributed by atoms with van der Waals surface area (Å²) in [6.45, 7) is 2.88. The van der Waals surface area contributed by atoms with Crippen LogP contribution in [-0.4, -0.2) is 23.0 Å². The molecule has 4 nitrogen and oxygen atoms in total. The molecular weight excluding hydrogens is 277 g/mol. The van der Waals surface area contributed by atoms with Crippen LogP contribution < -0.4 is 9.47 Å². The second-order valence-corrected chi connectivity index (χ2v) is 4.27. The quantitative estimate of drug-likeness (QED) is 0.865. The Kier molecular flexibility index (Phi) is 4.18. The van der Waals surface area contributed by atoms with Crippen molar-refractivity contribution in [3.05, 3.63) is 23.8 Å². The molecule has 0 aliphatic heterocycles. The van der Waals surface area contributed by atoms with Crippen molar-refractivity contribution in [3.8, 4) is 23.8 Å². The lowest BCUT2D eigenvalue weighted by atomic mass is 10.1. The van der Waals surface area contributed by atoms with Crippen LogP contribution in [0.5, 0.6) is 11.5 Å². The summed E-state index contributed by atoms with van der Waals surface area (Å²) in [6, 6.07) is 2.75.